The predicted octanol–water partition coefficient (Wildman–Crippen LogP) is 2.05. The molecular formula is C21H27Cl3N2O10. The van der Waals surface area contributed by atoms with E-state index in [9.17, 15) is 24.0 Å². The van der Waals surface area contributed by atoms with Gasteiger partial charge in [0, 0.05) is 33.6 Å². The molecule has 2 aliphatic rings. The van der Waals surface area contributed by atoms with Crippen molar-refractivity contribution < 1.29 is 47.7 Å². The van der Waals surface area contributed by atoms with Crippen molar-refractivity contribution in [3.8, 4) is 0 Å². The number of ether oxygens (including phenoxy) is 5. The first-order valence-electron chi connectivity index (χ1n) is 10.7. The average molecular weight is 574 g/mol. The Hall–Kier alpha value is -2.15. The van der Waals surface area contributed by atoms with E-state index in [1.54, 1.807) is 13.8 Å². The van der Waals surface area contributed by atoms with E-state index in [0.717, 1.165) is 25.7 Å². The van der Waals surface area contributed by atoms with E-state index in [1.807, 2.05) is 0 Å². The van der Waals surface area contributed by atoms with Crippen LogP contribution in [-0.4, -0.2) is 81.6 Å². The van der Waals surface area contributed by atoms with E-state index < -0.39 is 82.1 Å². The molecule has 15 heteroatoms. The normalized spacial score (nSPS) is 28.2. The van der Waals surface area contributed by atoms with Crippen LogP contribution in [0.2, 0.25) is 0 Å². The first-order chi connectivity index (χ1) is 16.4. The van der Waals surface area contributed by atoms with E-state index in [0.29, 0.717) is 0 Å². The lowest BCUT2D eigenvalue weighted by Crippen LogP contribution is -2.69. The summed E-state index contributed by atoms with van der Waals surface area (Å²) in [5.74, 6) is -4.63. The molecule has 5 atom stereocenters. The Balaban J connectivity index is 2.63. The van der Waals surface area contributed by atoms with Crippen LogP contribution in [0.1, 0.15) is 47.5 Å². The van der Waals surface area contributed by atoms with Crippen molar-refractivity contribution in [1.82, 2.24) is 4.90 Å². The number of nitrogens with zero attached hydrogens (tertiary/aromatic N) is 1. The first kappa shape index (κ1) is 30.1. The highest BCUT2D eigenvalue weighted by Gasteiger charge is 2.58. The Kier molecular flexibility index (Phi) is 9.60. The second kappa shape index (κ2) is 11.5. The summed E-state index contributed by atoms with van der Waals surface area (Å²) in [4.78, 5) is 62.5. The monoisotopic (exact) mass is 572 g/mol. The van der Waals surface area contributed by atoms with Gasteiger partial charge in [-0.1, -0.05) is 48.7 Å². The number of halogens is 3. The molecule has 2 amide bonds. The Labute approximate surface area is 222 Å². The van der Waals surface area contributed by atoms with Crippen LogP contribution in [0.25, 0.3) is 0 Å². The van der Waals surface area contributed by atoms with Crippen LogP contribution in [0.4, 0.5) is 0 Å². The van der Waals surface area contributed by atoms with Gasteiger partial charge in [0.1, 0.15) is 18.8 Å². The third-order valence-corrected chi connectivity index (χ3v) is 5.77. The van der Waals surface area contributed by atoms with Crippen molar-refractivity contribution >= 4 is 70.4 Å². The highest BCUT2D eigenvalue weighted by Crippen LogP contribution is 2.39. The van der Waals surface area contributed by atoms with Gasteiger partial charge in [-0.15, -0.1) is 0 Å². The Morgan fingerprint density at radius 1 is 0.972 bits per heavy atom. The Morgan fingerprint density at radius 2 is 1.47 bits per heavy atom. The number of rotatable bonds is 6. The van der Waals surface area contributed by atoms with Gasteiger partial charge < -0.3 is 23.7 Å². The average Bonchev–Trinajstić information content (AvgIpc) is 2.67. The number of carbonyl (C=O) groups is 5. The number of hydrogen-bond donors (Lipinski definition) is 1. The smallest absolute Gasteiger partial charge is 0.303 e. The first-order valence-corrected chi connectivity index (χ1v) is 11.9. The summed E-state index contributed by atoms with van der Waals surface area (Å²) in [5.41, 5.74) is -0.662. The van der Waals surface area contributed by atoms with E-state index in [-0.39, 0.29) is 12.8 Å². The highest BCUT2D eigenvalue weighted by molar-refractivity contribution is 6.76. The van der Waals surface area contributed by atoms with Crippen molar-refractivity contribution in [2.45, 2.75) is 81.9 Å². The molecule has 202 valence electrons. The fourth-order valence-electron chi connectivity index (χ4n) is 3.96. The van der Waals surface area contributed by atoms with Crippen LogP contribution >= 0.6 is 34.8 Å². The zero-order valence-electron chi connectivity index (χ0n) is 20.2. The number of piperidine rings is 1. The van der Waals surface area contributed by atoms with E-state index in [4.69, 9.17) is 63.9 Å². The quantitative estimate of drug-likeness (QED) is 0.124. The molecule has 0 saturated carbocycles. The molecule has 0 aromatic heterocycles. The van der Waals surface area contributed by atoms with Crippen LogP contribution in [0.5, 0.6) is 0 Å². The summed E-state index contributed by atoms with van der Waals surface area (Å²) in [7, 11) is 0. The molecule has 12 nitrogen and oxygen atoms in total. The Morgan fingerprint density at radius 3 is 1.92 bits per heavy atom. The van der Waals surface area contributed by atoms with Gasteiger partial charge >= 0.3 is 17.9 Å². The largest absolute Gasteiger partial charge is 0.463 e. The zero-order chi connectivity index (χ0) is 27.6. The maximum Gasteiger partial charge on any atom is 0.303 e. The van der Waals surface area contributed by atoms with Gasteiger partial charge in [-0.3, -0.25) is 34.3 Å². The van der Waals surface area contributed by atoms with Gasteiger partial charge in [0.15, 0.2) is 12.2 Å². The SMILES string of the molecule is CC(=O)OC[C@H]1OC(OC(=N)C(Cl)(Cl)Cl)[C@H](N2C(=O)CC(C)(C)CC2=O)[C@@H](OC(C)=O)[C@@H]1OC(C)=O. The number of esters is 3. The Bertz CT molecular complexity index is 915. The van der Waals surface area contributed by atoms with Crippen LogP contribution in [0, 0.1) is 10.8 Å². The molecule has 2 fully saturated rings. The standard InChI is InChI=1S/C21H27Cl3N2O10/c1-9(27)32-8-12-16(33-10(2)28)17(34-11(3)29)15(18(35-12)36-19(25)21(22,23)24)26-13(30)6-20(4,5)7-14(26)31/h12,15-18,25H,6-8H2,1-5H3/t12-,15-,16-,17-,18?/m1/s1. The van der Waals surface area contributed by atoms with Gasteiger partial charge in [-0.2, -0.15) is 0 Å². The molecule has 0 aromatic rings. The van der Waals surface area contributed by atoms with Gasteiger partial charge in [0.05, 0.1) is 0 Å². The maximum atomic E-state index is 13.1. The van der Waals surface area contributed by atoms with Crippen LogP contribution in [-0.2, 0) is 47.7 Å². The minimum Gasteiger partial charge on any atom is -0.463 e. The summed E-state index contributed by atoms with van der Waals surface area (Å²) in [6.07, 6.45) is -6.19. The summed E-state index contributed by atoms with van der Waals surface area (Å²) >= 11 is 17.2. The van der Waals surface area contributed by atoms with Crippen molar-refractivity contribution in [1.29, 1.82) is 5.41 Å². The molecule has 1 N–H and O–H groups in total. The summed E-state index contributed by atoms with van der Waals surface area (Å²) in [6, 6.07) is -1.56. The summed E-state index contributed by atoms with van der Waals surface area (Å²) in [6.45, 7) is 6.20. The molecular weight excluding hydrogens is 547 g/mol. The molecule has 1 unspecified atom stereocenters. The molecule has 0 aromatic carbocycles. The van der Waals surface area contributed by atoms with E-state index in [1.165, 1.54) is 0 Å². The molecule has 2 heterocycles. The molecule has 0 aliphatic carbocycles. The summed E-state index contributed by atoms with van der Waals surface area (Å²) < 4.78 is 24.6. The van der Waals surface area contributed by atoms with Crippen LogP contribution < -0.4 is 0 Å². The number of hydrogen-bond acceptors (Lipinski definition) is 11. The number of carbonyl (C=O) groups excluding carboxylic acids is 5. The third kappa shape index (κ3) is 7.67. The van der Waals surface area contributed by atoms with Gasteiger partial charge in [0.25, 0.3) is 3.79 Å². The van der Waals surface area contributed by atoms with E-state index in [2.05, 4.69) is 0 Å². The van der Waals surface area contributed by atoms with Crippen molar-refractivity contribution in [2.75, 3.05) is 6.61 Å². The van der Waals surface area contributed by atoms with Gasteiger partial charge in [0.2, 0.25) is 24.0 Å². The third-order valence-electron chi connectivity index (χ3n) is 5.26. The van der Waals surface area contributed by atoms with Crippen molar-refractivity contribution in [3.05, 3.63) is 0 Å². The van der Waals surface area contributed by atoms with Crippen molar-refractivity contribution in [3.63, 3.8) is 0 Å². The highest BCUT2D eigenvalue weighted by atomic mass is 35.6. The number of likely N-dealkylation sites (tertiary alicyclic amines) is 1. The fourth-order valence-corrected chi connectivity index (χ4v) is 4.09. The molecule has 36 heavy (non-hydrogen) atoms. The second-order valence-electron chi connectivity index (χ2n) is 9.10. The number of imide groups is 1. The zero-order valence-corrected chi connectivity index (χ0v) is 22.4. The van der Waals surface area contributed by atoms with Gasteiger partial charge in [-0.05, 0) is 5.41 Å². The second-order valence-corrected chi connectivity index (χ2v) is 11.4. The molecule has 0 radical (unpaired) electrons. The number of alkyl halides is 3. The number of nitrogens with one attached hydrogen (secondary N) is 1. The summed E-state index contributed by atoms with van der Waals surface area (Å²) in [5, 5.41) is 7.99. The lowest BCUT2D eigenvalue weighted by atomic mass is 9.80. The minimum absolute atomic E-state index is 0.0637. The van der Waals surface area contributed by atoms with Crippen LogP contribution in [0.3, 0.4) is 0 Å². The van der Waals surface area contributed by atoms with Crippen LogP contribution in [0.15, 0.2) is 0 Å². The van der Waals surface area contributed by atoms with Gasteiger partial charge in [-0.25, -0.2) is 0 Å². The molecule has 0 spiro atoms. The van der Waals surface area contributed by atoms with E-state index >= 15 is 0 Å². The fraction of sp³-hybridized carbons (Fsp3) is 0.714. The number of amides is 2. The lowest BCUT2D eigenvalue weighted by molar-refractivity contribution is -0.274. The minimum atomic E-state index is -2.36. The predicted molar refractivity (Wildman–Crippen MR) is 124 cm³/mol. The van der Waals surface area contributed by atoms with Crippen molar-refractivity contribution in [2.24, 2.45) is 5.41 Å². The lowest BCUT2D eigenvalue weighted by Gasteiger charge is -2.49. The maximum absolute atomic E-state index is 13.1. The molecule has 2 aliphatic heterocycles. The molecule has 0 bridgehead atoms. The molecule has 2 saturated heterocycles. The topological polar surface area (TPSA) is 159 Å². The molecule has 2 rings (SSSR count).